The van der Waals surface area contributed by atoms with Crippen LogP contribution in [0.5, 0.6) is 5.75 Å². The van der Waals surface area contributed by atoms with Crippen LogP contribution >= 0.6 is 0 Å². The number of sulfonamides is 1. The number of unbranched alkanes of at least 4 members (excludes halogenated alkanes) is 1. The number of allylic oxidation sites excluding steroid dienone is 1. The van der Waals surface area contributed by atoms with Crippen LogP contribution in [-0.4, -0.2) is 33.6 Å². The van der Waals surface area contributed by atoms with E-state index >= 15 is 0 Å². The first-order valence-electron chi connectivity index (χ1n) is 13.2. The third-order valence-corrected chi connectivity index (χ3v) is 7.50. The molecule has 3 aromatic carbocycles. The van der Waals surface area contributed by atoms with Crippen LogP contribution in [0.3, 0.4) is 0 Å². The van der Waals surface area contributed by atoms with Crippen molar-refractivity contribution in [3.63, 3.8) is 0 Å². The second kappa shape index (κ2) is 14.9. The average molecular weight is 565 g/mol. The van der Waals surface area contributed by atoms with Gasteiger partial charge in [-0.05, 0) is 66.6 Å². The van der Waals surface area contributed by atoms with Crippen molar-refractivity contribution in [3.05, 3.63) is 96.1 Å². The highest BCUT2D eigenvalue weighted by Crippen LogP contribution is 2.26. The van der Waals surface area contributed by atoms with E-state index in [2.05, 4.69) is 0 Å². The van der Waals surface area contributed by atoms with Crippen molar-refractivity contribution in [3.8, 4) is 5.75 Å². The molecule has 0 saturated heterocycles. The Bertz CT molecular complexity index is 1400. The van der Waals surface area contributed by atoms with Gasteiger partial charge in [0.25, 0.3) is 10.0 Å². The van der Waals surface area contributed by atoms with E-state index in [1.807, 2.05) is 56.3 Å². The second-order valence-electron chi connectivity index (χ2n) is 9.62. The molecule has 0 aliphatic carbocycles. The zero-order valence-electron chi connectivity index (χ0n) is 22.9. The molecule has 9 heteroatoms. The molecule has 0 aromatic heterocycles. The Kier molecular flexibility index (Phi) is 11.3. The van der Waals surface area contributed by atoms with E-state index in [9.17, 15) is 18.0 Å². The fourth-order valence-corrected chi connectivity index (χ4v) is 5.16. The summed E-state index contributed by atoms with van der Waals surface area (Å²) in [5.41, 5.74) is 7.13. The third-order valence-electron chi connectivity index (χ3n) is 5.79. The van der Waals surface area contributed by atoms with Crippen molar-refractivity contribution >= 4 is 33.8 Å². The van der Waals surface area contributed by atoms with Gasteiger partial charge < -0.3 is 15.2 Å². The lowest BCUT2D eigenvalue weighted by atomic mass is 10.1. The average Bonchev–Trinajstić information content (AvgIpc) is 2.94. The number of benzene rings is 3. The van der Waals surface area contributed by atoms with Gasteiger partial charge in [-0.15, -0.1) is 0 Å². The maximum absolute atomic E-state index is 13.4. The number of rotatable bonds is 14. The molecule has 0 aliphatic rings. The van der Waals surface area contributed by atoms with E-state index < -0.39 is 16.1 Å². The molecule has 8 nitrogen and oxygen atoms in total. The maximum atomic E-state index is 13.4. The first-order valence-corrected chi connectivity index (χ1v) is 14.6. The first kappa shape index (κ1) is 30.4. The van der Waals surface area contributed by atoms with Crippen LogP contribution in [0.15, 0.2) is 89.8 Å². The smallest absolute Gasteiger partial charge is 0.428 e. The molecule has 212 valence electrons. The number of aryl methyl sites for hydroxylation is 1. The van der Waals surface area contributed by atoms with Crippen LogP contribution in [-0.2, 0) is 26.0 Å². The number of para-hydroxylation sites is 1. The van der Waals surface area contributed by atoms with Gasteiger partial charge in [-0.3, -0.25) is 4.79 Å². The molecule has 0 fully saturated rings. The highest BCUT2D eigenvalue weighted by atomic mass is 32.2. The highest BCUT2D eigenvalue weighted by molar-refractivity contribution is 7.93. The Morgan fingerprint density at radius 2 is 1.70 bits per heavy atom. The molecule has 0 saturated carbocycles. The van der Waals surface area contributed by atoms with Crippen LogP contribution in [0.25, 0.3) is 6.08 Å². The van der Waals surface area contributed by atoms with E-state index in [0.29, 0.717) is 17.3 Å². The number of amides is 2. The summed E-state index contributed by atoms with van der Waals surface area (Å²) in [6, 6.07) is 22.1. The summed E-state index contributed by atoms with van der Waals surface area (Å²) < 4.78 is 38.8. The van der Waals surface area contributed by atoms with Gasteiger partial charge in [0.05, 0.1) is 23.8 Å². The minimum atomic E-state index is -4.20. The van der Waals surface area contributed by atoms with E-state index in [1.54, 1.807) is 36.4 Å². The molecule has 0 bridgehead atoms. The molecule has 2 amide bonds. The van der Waals surface area contributed by atoms with E-state index in [1.165, 1.54) is 12.1 Å². The standard InChI is InChI=1S/C31H36N2O6S/c1-24(2)23-39-31(35)33(40(36,37)28-16-6-3-7-17-28)27-15-11-13-25(22-27)12-5-4-10-21-38-29-18-9-8-14-26(29)19-20-30(32)34/h3,5-9,11-18,22,24H,4,10,19-21,23H2,1-2H3,(H2,32,34)/b12-5+. The van der Waals surface area contributed by atoms with Crippen molar-refractivity contribution in [1.29, 1.82) is 0 Å². The van der Waals surface area contributed by atoms with Gasteiger partial charge >= 0.3 is 6.09 Å². The van der Waals surface area contributed by atoms with Crippen LogP contribution < -0.4 is 14.8 Å². The molecule has 3 aromatic rings. The van der Waals surface area contributed by atoms with Gasteiger partial charge in [-0.2, -0.15) is 4.31 Å². The number of ether oxygens (including phenoxy) is 2. The SMILES string of the molecule is CC(C)COC(=O)N(c1cccc(/C=C/CCCOc2ccccc2CCC(N)=O)c1)S(=O)(=O)c1ccccc1. The van der Waals surface area contributed by atoms with Crippen LogP contribution in [0.2, 0.25) is 0 Å². The van der Waals surface area contributed by atoms with Gasteiger partial charge in [0.1, 0.15) is 5.75 Å². The van der Waals surface area contributed by atoms with Crippen molar-refractivity contribution < 1.29 is 27.5 Å². The Hall–Kier alpha value is -4.11. The predicted octanol–water partition coefficient (Wildman–Crippen LogP) is 5.96. The normalized spacial score (nSPS) is 11.5. The third kappa shape index (κ3) is 8.98. The molecule has 0 atom stereocenters. The van der Waals surface area contributed by atoms with E-state index in [0.717, 1.165) is 29.7 Å². The number of primary amides is 1. The van der Waals surface area contributed by atoms with Crippen molar-refractivity contribution in [2.45, 2.75) is 44.4 Å². The van der Waals surface area contributed by atoms with Gasteiger partial charge in [0.15, 0.2) is 0 Å². The molecular formula is C31H36N2O6S. The minimum Gasteiger partial charge on any atom is -0.493 e. The second-order valence-corrected chi connectivity index (χ2v) is 11.4. The molecule has 3 rings (SSSR count). The Balaban J connectivity index is 1.67. The van der Waals surface area contributed by atoms with Gasteiger partial charge in [-0.25, -0.2) is 13.2 Å². The Morgan fingerprint density at radius 3 is 2.42 bits per heavy atom. The number of hydrogen-bond donors (Lipinski definition) is 1. The molecule has 40 heavy (non-hydrogen) atoms. The number of hydrogen-bond acceptors (Lipinski definition) is 6. The maximum Gasteiger partial charge on any atom is 0.428 e. The number of nitrogens with zero attached hydrogens (tertiary/aromatic N) is 1. The van der Waals surface area contributed by atoms with Crippen LogP contribution in [0.4, 0.5) is 10.5 Å². The highest BCUT2D eigenvalue weighted by Gasteiger charge is 2.32. The van der Waals surface area contributed by atoms with E-state index in [4.69, 9.17) is 15.2 Å². The lowest BCUT2D eigenvalue weighted by molar-refractivity contribution is -0.118. The minimum absolute atomic E-state index is 0.00589. The molecule has 0 unspecified atom stereocenters. The topological polar surface area (TPSA) is 116 Å². The Morgan fingerprint density at radius 1 is 0.975 bits per heavy atom. The lowest BCUT2D eigenvalue weighted by Gasteiger charge is -2.23. The van der Waals surface area contributed by atoms with Crippen molar-refractivity contribution in [2.75, 3.05) is 17.5 Å². The van der Waals surface area contributed by atoms with Gasteiger partial charge in [-0.1, -0.05) is 74.5 Å². The number of carbonyl (C=O) groups is 2. The molecule has 2 N–H and O–H groups in total. The van der Waals surface area contributed by atoms with Crippen LogP contribution in [0.1, 0.15) is 44.2 Å². The summed E-state index contributed by atoms with van der Waals surface area (Å²) in [5.74, 6) is 0.439. The van der Waals surface area contributed by atoms with Gasteiger partial charge in [0.2, 0.25) is 5.91 Å². The molecule has 0 aliphatic heterocycles. The zero-order valence-corrected chi connectivity index (χ0v) is 23.7. The fraction of sp³-hybridized carbons (Fsp3) is 0.290. The molecular weight excluding hydrogens is 528 g/mol. The van der Waals surface area contributed by atoms with Gasteiger partial charge in [0, 0.05) is 6.42 Å². The zero-order chi connectivity index (χ0) is 29.0. The summed E-state index contributed by atoms with van der Waals surface area (Å²) in [5, 5.41) is 0. The predicted molar refractivity (Wildman–Crippen MR) is 156 cm³/mol. The molecule has 0 radical (unpaired) electrons. The van der Waals surface area contributed by atoms with Crippen molar-refractivity contribution in [1.82, 2.24) is 0 Å². The first-order chi connectivity index (χ1) is 19.2. The van der Waals surface area contributed by atoms with Crippen LogP contribution in [0, 0.1) is 5.92 Å². The number of nitrogens with two attached hydrogens (primary N) is 1. The molecule has 0 heterocycles. The fourth-order valence-electron chi connectivity index (χ4n) is 3.80. The quantitative estimate of drug-likeness (QED) is 0.241. The van der Waals surface area contributed by atoms with E-state index in [-0.39, 0.29) is 35.4 Å². The number of anilines is 1. The lowest BCUT2D eigenvalue weighted by Crippen LogP contribution is -2.38. The molecule has 0 spiro atoms. The summed E-state index contributed by atoms with van der Waals surface area (Å²) in [6.07, 6.45) is 5.15. The summed E-state index contributed by atoms with van der Waals surface area (Å²) in [4.78, 5) is 24.1. The summed E-state index contributed by atoms with van der Waals surface area (Å²) in [6.45, 7) is 4.34. The number of carbonyl (C=O) groups excluding carboxylic acids is 2. The summed E-state index contributed by atoms with van der Waals surface area (Å²) in [7, 11) is -4.20. The monoisotopic (exact) mass is 564 g/mol. The Labute approximate surface area is 236 Å². The summed E-state index contributed by atoms with van der Waals surface area (Å²) >= 11 is 0. The largest absolute Gasteiger partial charge is 0.493 e. The van der Waals surface area contributed by atoms with Crippen molar-refractivity contribution in [2.24, 2.45) is 11.7 Å².